The Morgan fingerprint density at radius 2 is 1.64 bits per heavy atom. The predicted molar refractivity (Wildman–Crippen MR) is 118 cm³/mol. The summed E-state index contributed by atoms with van der Waals surface area (Å²) < 4.78 is 0. The van der Waals surface area contributed by atoms with Gasteiger partial charge >= 0.3 is 0 Å². The van der Waals surface area contributed by atoms with Gasteiger partial charge in [0.1, 0.15) is 0 Å². The molecular weight excluding hydrogens is 413 g/mol. The van der Waals surface area contributed by atoms with Crippen LogP contribution >= 0.6 is 35.0 Å². The summed E-state index contributed by atoms with van der Waals surface area (Å²) in [4.78, 5) is 20.9. The number of nitrogens with zero attached hydrogens (tertiary/aromatic N) is 5. The number of para-hydroxylation sites is 1. The van der Waals surface area contributed by atoms with Crippen molar-refractivity contribution in [2.45, 2.75) is 51.5 Å². The van der Waals surface area contributed by atoms with Crippen molar-refractivity contribution < 1.29 is 0 Å². The number of aliphatic imine (C=N–C) groups is 1. The fraction of sp³-hybridized carbons (Fsp3) is 0.400. The van der Waals surface area contributed by atoms with E-state index < -0.39 is 0 Å². The van der Waals surface area contributed by atoms with Crippen molar-refractivity contribution >= 4 is 51.8 Å². The van der Waals surface area contributed by atoms with Gasteiger partial charge in [0, 0.05) is 4.91 Å². The third-order valence-corrected chi connectivity index (χ3v) is 6.87. The molecule has 2 aromatic rings. The third-order valence-electron chi connectivity index (χ3n) is 5.45. The second kappa shape index (κ2) is 7.65. The maximum absolute atomic E-state index is 6.11. The highest BCUT2D eigenvalue weighted by Gasteiger charge is 2.50. The average molecular weight is 434 g/mol. The number of benzene rings is 1. The molecule has 146 valence electrons. The highest BCUT2D eigenvalue weighted by Crippen LogP contribution is 2.52. The van der Waals surface area contributed by atoms with E-state index in [4.69, 9.17) is 28.2 Å². The van der Waals surface area contributed by atoms with Gasteiger partial charge in [-0.15, -0.1) is 0 Å². The first-order chi connectivity index (χ1) is 13.4. The van der Waals surface area contributed by atoms with Gasteiger partial charge in [0.25, 0.3) is 0 Å². The lowest BCUT2D eigenvalue weighted by atomic mass is 9.80. The first-order valence-electron chi connectivity index (χ1n) is 9.30. The van der Waals surface area contributed by atoms with Crippen LogP contribution < -0.4 is 4.90 Å². The fourth-order valence-corrected chi connectivity index (χ4v) is 5.59. The molecule has 4 rings (SSSR count). The van der Waals surface area contributed by atoms with E-state index in [1.54, 1.807) is 11.8 Å². The van der Waals surface area contributed by atoms with Crippen LogP contribution in [0, 0.1) is 13.8 Å². The number of thioether (sulfide) groups is 1. The standard InChI is InChI=1S/C20H21Cl2N5S/c1-12-8-7-9-13(2)15(12)23-19-27(18-25-16(21)24-17(22)26-18)20(14(3)28-19)10-5-4-6-11-20/h7-9H,3-6,10-11H2,1-2H3. The van der Waals surface area contributed by atoms with Gasteiger partial charge in [-0.05, 0) is 61.0 Å². The number of halogens is 2. The molecule has 2 heterocycles. The summed E-state index contributed by atoms with van der Waals surface area (Å²) >= 11 is 13.8. The third kappa shape index (κ3) is 3.42. The molecular formula is C20H21Cl2N5S. The fourth-order valence-electron chi connectivity index (χ4n) is 4.04. The maximum atomic E-state index is 6.11. The minimum Gasteiger partial charge on any atom is -0.278 e. The molecule has 1 aliphatic heterocycles. The van der Waals surface area contributed by atoms with Gasteiger partial charge in [-0.2, -0.15) is 15.0 Å². The number of aryl methyl sites for hydroxylation is 2. The lowest BCUT2D eigenvalue weighted by molar-refractivity contribution is 0.356. The van der Waals surface area contributed by atoms with Crippen molar-refractivity contribution in [1.82, 2.24) is 15.0 Å². The van der Waals surface area contributed by atoms with Gasteiger partial charge in [-0.3, -0.25) is 4.90 Å². The highest BCUT2D eigenvalue weighted by atomic mass is 35.5. The molecule has 1 aromatic heterocycles. The quantitative estimate of drug-likeness (QED) is 0.559. The summed E-state index contributed by atoms with van der Waals surface area (Å²) in [6.07, 6.45) is 5.42. The summed E-state index contributed by atoms with van der Waals surface area (Å²) in [5.74, 6) is 0.433. The predicted octanol–water partition coefficient (Wildman–Crippen LogP) is 6.25. The van der Waals surface area contributed by atoms with Gasteiger partial charge in [-0.1, -0.05) is 55.8 Å². The first kappa shape index (κ1) is 19.7. The number of anilines is 1. The minimum atomic E-state index is -0.271. The zero-order valence-electron chi connectivity index (χ0n) is 15.9. The van der Waals surface area contributed by atoms with Crippen LogP contribution in [0.2, 0.25) is 10.6 Å². The number of hydrogen-bond donors (Lipinski definition) is 0. The van der Waals surface area contributed by atoms with E-state index in [9.17, 15) is 0 Å². The van der Waals surface area contributed by atoms with Crippen LogP contribution in [0.25, 0.3) is 0 Å². The van der Waals surface area contributed by atoms with Gasteiger partial charge < -0.3 is 0 Å². The van der Waals surface area contributed by atoms with Crippen LogP contribution in [0.1, 0.15) is 43.2 Å². The summed E-state index contributed by atoms with van der Waals surface area (Å²) in [5, 5.41) is 0.965. The molecule has 2 aliphatic rings. The molecule has 2 fully saturated rings. The number of rotatable bonds is 2. The van der Waals surface area contributed by atoms with E-state index in [0.29, 0.717) is 5.95 Å². The Balaban J connectivity index is 1.90. The molecule has 1 aromatic carbocycles. The van der Waals surface area contributed by atoms with Crippen molar-refractivity contribution in [2.75, 3.05) is 4.90 Å². The van der Waals surface area contributed by atoms with Crippen molar-refractivity contribution in [2.24, 2.45) is 4.99 Å². The molecule has 5 nitrogen and oxygen atoms in total. The normalized spacial score (nSPS) is 20.4. The zero-order chi connectivity index (χ0) is 19.9. The number of aromatic nitrogens is 3. The number of amidine groups is 1. The van der Waals surface area contributed by atoms with Gasteiger partial charge in [-0.25, -0.2) is 4.99 Å². The van der Waals surface area contributed by atoms with E-state index in [2.05, 4.69) is 52.4 Å². The van der Waals surface area contributed by atoms with Crippen LogP contribution in [0.4, 0.5) is 11.6 Å². The van der Waals surface area contributed by atoms with Crippen LogP contribution in [-0.2, 0) is 0 Å². The Hall–Kier alpha value is -1.63. The van der Waals surface area contributed by atoms with E-state index >= 15 is 0 Å². The van der Waals surface area contributed by atoms with Crippen LogP contribution in [0.5, 0.6) is 0 Å². The van der Waals surface area contributed by atoms with Gasteiger partial charge in [0.05, 0.1) is 11.2 Å². The molecule has 1 aliphatic carbocycles. The maximum Gasteiger partial charge on any atom is 0.237 e. The van der Waals surface area contributed by atoms with Crippen molar-refractivity contribution in [1.29, 1.82) is 0 Å². The van der Waals surface area contributed by atoms with Crippen LogP contribution in [0.15, 0.2) is 34.7 Å². The Kier molecular flexibility index (Phi) is 5.38. The molecule has 0 bridgehead atoms. The molecule has 28 heavy (non-hydrogen) atoms. The number of hydrogen-bond acceptors (Lipinski definition) is 5. The Bertz CT molecular complexity index is 929. The monoisotopic (exact) mass is 433 g/mol. The summed E-state index contributed by atoms with van der Waals surface area (Å²) in [7, 11) is 0. The molecule has 1 saturated carbocycles. The summed E-state index contributed by atoms with van der Waals surface area (Å²) in [6, 6.07) is 6.18. The Morgan fingerprint density at radius 3 is 2.25 bits per heavy atom. The second-order valence-corrected chi connectivity index (χ2v) is 9.00. The smallest absolute Gasteiger partial charge is 0.237 e. The van der Waals surface area contributed by atoms with E-state index in [0.717, 1.165) is 52.6 Å². The van der Waals surface area contributed by atoms with Crippen LogP contribution in [0.3, 0.4) is 0 Å². The molecule has 0 atom stereocenters. The SMILES string of the molecule is C=C1SC(=Nc2c(C)cccc2C)N(c2nc(Cl)nc(Cl)n2)C12CCCCC2. The molecule has 0 unspecified atom stereocenters. The largest absolute Gasteiger partial charge is 0.278 e. The lowest BCUT2D eigenvalue weighted by Gasteiger charge is -2.40. The Morgan fingerprint density at radius 1 is 1.04 bits per heavy atom. The first-order valence-corrected chi connectivity index (χ1v) is 10.9. The molecule has 0 amide bonds. The minimum absolute atomic E-state index is 0.0786. The van der Waals surface area contributed by atoms with E-state index in [1.165, 1.54) is 6.42 Å². The Labute approximate surface area is 179 Å². The molecule has 0 radical (unpaired) electrons. The molecule has 1 saturated heterocycles. The lowest BCUT2D eigenvalue weighted by Crippen LogP contribution is -2.49. The topological polar surface area (TPSA) is 54.3 Å². The zero-order valence-corrected chi connectivity index (χ0v) is 18.2. The van der Waals surface area contributed by atoms with E-state index in [1.807, 2.05) is 6.07 Å². The highest BCUT2D eigenvalue weighted by molar-refractivity contribution is 8.18. The van der Waals surface area contributed by atoms with Gasteiger partial charge in [0.2, 0.25) is 16.5 Å². The molecule has 8 heteroatoms. The van der Waals surface area contributed by atoms with Crippen molar-refractivity contribution in [3.8, 4) is 0 Å². The molecule has 0 N–H and O–H groups in total. The second-order valence-electron chi connectivity index (χ2n) is 7.26. The molecule has 1 spiro atoms. The average Bonchev–Trinajstić information content (AvgIpc) is 2.89. The van der Waals surface area contributed by atoms with Crippen molar-refractivity contribution in [3.05, 3.63) is 51.4 Å². The summed E-state index contributed by atoms with van der Waals surface area (Å²) in [5.41, 5.74) is 2.93. The summed E-state index contributed by atoms with van der Waals surface area (Å²) in [6.45, 7) is 8.53. The van der Waals surface area contributed by atoms with E-state index in [-0.39, 0.29) is 16.1 Å². The van der Waals surface area contributed by atoms with Crippen molar-refractivity contribution in [3.63, 3.8) is 0 Å². The van der Waals surface area contributed by atoms with Crippen LogP contribution in [-0.4, -0.2) is 25.7 Å². The van der Waals surface area contributed by atoms with Gasteiger partial charge in [0.15, 0.2) is 5.17 Å².